The summed E-state index contributed by atoms with van der Waals surface area (Å²) in [7, 11) is 0. The lowest BCUT2D eigenvalue weighted by Gasteiger charge is -2.08. The van der Waals surface area contributed by atoms with Gasteiger partial charge in [-0.1, -0.05) is 35.9 Å². The predicted octanol–water partition coefficient (Wildman–Crippen LogP) is 7.14. The minimum absolute atomic E-state index is 0.107. The summed E-state index contributed by atoms with van der Waals surface area (Å²) < 4.78 is 13.1. The van der Waals surface area contributed by atoms with Crippen molar-refractivity contribution in [3.63, 3.8) is 0 Å². The molecule has 0 aliphatic rings. The third kappa shape index (κ3) is 4.59. The van der Waals surface area contributed by atoms with Crippen molar-refractivity contribution in [1.29, 1.82) is 0 Å². The number of pyridine rings is 1. The molecule has 0 fully saturated rings. The molecule has 6 heteroatoms. The Kier molecular flexibility index (Phi) is 5.80. The van der Waals surface area contributed by atoms with E-state index in [1.807, 2.05) is 48.5 Å². The van der Waals surface area contributed by atoms with Gasteiger partial charge in [0.1, 0.15) is 5.82 Å². The van der Waals surface area contributed by atoms with Crippen LogP contribution >= 0.6 is 11.6 Å². The summed E-state index contributed by atoms with van der Waals surface area (Å²) in [5.74, 6) is -0.439. The van der Waals surface area contributed by atoms with Gasteiger partial charge in [0.25, 0.3) is 0 Å². The van der Waals surface area contributed by atoms with Crippen LogP contribution in [-0.4, -0.2) is 15.9 Å². The predicted molar refractivity (Wildman–Crippen MR) is 132 cm³/mol. The number of aromatic nitrogens is 2. The SMILES string of the molecule is O=C(CCCc1c(-c2ccc3ccccc3n2)[nH]c2ccc(Cl)cc12)Nc1ccc(F)cc1. The molecule has 2 heterocycles. The first-order chi connectivity index (χ1) is 16.1. The maximum atomic E-state index is 13.1. The number of nitrogens with zero attached hydrogens (tertiary/aromatic N) is 1. The van der Waals surface area contributed by atoms with E-state index in [2.05, 4.69) is 16.4 Å². The molecule has 5 aromatic rings. The van der Waals surface area contributed by atoms with Crippen molar-refractivity contribution in [3.8, 4) is 11.4 Å². The maximum Gasteiger partial charge on any atom is 0.224 e. The van der Waals surface area contributed by atoms with E-state index in [0.717, 1.165) is 38.8 Å². The number of para-hydroxylation sites is 1. The third-order valence-corrected chi connectivity index (χ3v) is 5.92. The molecule has 0 saturated heterocycles. The number of carbonyl (C=O) groups is 1. The van der Waals surface area contributed by atoms with E-state index in [1.54, 1.807) is 12.1 Å². The highest BCUT2D eigenvalue weighted by atomic mass is 35.5. The maximum absolute atomic E-state index is 13.1. The minimum atomic E-state index is -0.333. The van der Waals surface area contributed by atoms with Gasteiger partial charge in [-0.25, -0.2) is 9.37 Å². The van der Waals surface area contributed by atoms with Gasteiger partial charge < -0.3 is 10.3 Å². The Hall–Kier alpha value is -3.70. The molecule has 0 aliphatic heterocycles. The second-order valence-corrected chi connectivity index (χ2v) is 8.40. The molecule has 2 N–H and O–H groups in total. The van der Waals surface area contributed by atoms with Crippen molar-refractivity contribution in [2.75, 3.05) is 5.32 Å². The Bertz CT molecular complexity index is 1460. The highest BCUT2D eigenvalue weighted by molar-refractivity contribution is 6.31. The molecular formula is C27H21ClFN3O. The number of nitrogens with one attached hydrogen (secondary N) is 2. The molecule has 0 unspecified atom stereocenters. The van der Waals surface area contributed by atoms with E-state index in [9.17, 15) is 9.18 Å². The van der Waals surface area contributed by atoms with E-state index in [4.69, 9.17) is 16.6 Å². The smallest absolute Gasteiger partial charge is 0.224 e. The van der Waals surface area contributed by atoms with Gasteiger partial charge >= 0.3 is 0 Å². The molecule has 0 spiro atoms. The molecule has 0 bridgehead atoms. The van der Waals surface area contributed by atoms with Crippen LogP contribution in [0.2, 0.25) is 5.02 Å². The lowest BCUT2D eigenvalue weighted by Crippen LogP contribution is -2.11. The molecule has 0 radical (unpaired) electrons. The van der Waals surface area contributed by atoms with Gasteiger partial charge in [-0.05, 0) is 73.0 Å². The van der Waals surface area contributed by atoms with Gasteiger partial charge in [-0.15, -0.1) is 0 Å². The summed E-state index contributed by atoms with van der Waals surface area (Å²) in [6, 6.07) is 23.6. The highest BCUT2D eigenvalue weighted by Gasteiger charge is 2.16. The summed E-state index contributed by atoms with van der Waals surface area (Å²) in [5.41, 5.74) is 5.38. The van der Waals surface area contributed by atoms with E-state index >= 15 is 0 Å². The second kappa shape index (κ2) is 9.04. The van der Waals surface area contributed by atoms with Gasteiger partial charge in [-0.3, -0.25) is 4.79 Å². The zero-order chi connectivity index (χ0) is 22.8. The Labute approximate surface area is 195 Å². The van der Waals surface area contributed by atoms with Crippen LogP contribution in [0.5, 0.6) is 0 Å². The van der Waals surface area contributed by atoms with Crippen molar-refractivity contribution in [2.45, 2.75) is 19.3 Å². The number of rotatable bonds is 6. The van der Waals surface area contributed by atoms with Gasteiger partial charge in [0.15, 0.2) is 0 Å². The number of aryl methyl sites for hydroxylation is 1. The van der Waals surface area contributed by atoms with Crippen LogP contribution in [0.15, 0.2) is 78.9 Å². The molecule has 4 nitrogen and oxygen atoms in total. The average Bonchev–Trinajstić information content (AvgIpc) is 3.18. The van der Waals surface area contributed by atoms with Crippen LogP contribution in [0, 0.1) is 5.82 Å². The lowest BCUT2D eigenvalue weighted by molar-refractivity contribution is -0.116. The topological polar surface area (TPSA) is 57.8 Å². The summed E-state index contributed by atoms with van der Waals surface area (Å²) in [4.78, 5) is 20.8. The molecule has 2 aromatic heterocycles. The van der Waals surface area contributed by atoms with E-state index in [0.29, 0.717) is 30.0 Å². The molecular weight excluding hydrogens is 437 g/mol. The van der Waals surface area contributed by atoms with Crippen molar-refractivity contribution in [2.24, 2.45) is 0 Å². The summed E-state index contributed by atoms with van der Waals surface area (Å²) in [5, 5.41) is 5.59. The summed E-state index contributed by atoms with van der Waals surface area (Å²) >= 11 is 6.29. The largest absolute Gasteiger partial charge is 0.353 e. The van der Waals surface area contributed by atoms with Gasteiger partial charge in [0.2, 0.25) is 5.91 Å². The Balaban J connectivity index is 1.40. The van der Waals surface area contributed by atoms with Gasteiger partial charge in [0, 0.05) is 33.4 Å². The van der Waals surface area contributed by atoms with Crippen LogP contribution < -0.4 is 5.32 Å². The fourth-order valence-corrected chi connectivity index (χ4v) is 4.26. The standard InChI is InChI=1S/C27H21ClFN3O/c28-18-9-15-24-22(16-18)21(5-3-7-26(33)30-20-12-10-19(29)11-13-20)27(32-24)25-14-8-17-4-1-2-6-23(17)31-25/h1-2,4,6,8-16,32H,3,5,7H2,(H,30,33). The molecule has 3 aromatic carbocycles. The van der Waals surface area contributed by atoms with Crippen LogP contribution in [-0.2, 0) is 11.2 Å². The molecule has 5 rings (SSSR count). The third-order valence-electron chi connectivity index (χ3n) is 5.68. The van der Waals surface area contributed by atoms with Crippen molar-refractivity contribution >= 4 is 45.0 Å². The number of H-pyrrole nitrogens is 1. The number of aromatic amines is 1. The van der Waals surface area contributed by atoms with Crippen LogP contribution in [0.3, 0.4) is 0 Å². The van der Waals surface area contributed by atoms with Gasteiger partial charge in [-0.2, -0.15) is 0 Å². The number of fused-ring (bicyclic) bond motifs is 2. The first-order valence-corrected chi connectivity index (χ1v) is 11.2. The first kappa shape index (κ1) is 21.2. The van der Waals surface area contributed by atoms with Crippen LogP contribution in [0.4, 0.5) is 10.1 Å². The fraction of sp³-hybridized carbons (Fsp3) is 0.111. The average molecular weight is 458 g/mol. The van der Waals surface area contributed by atoms with E-state index in [1.165, 1.54) is 12.1 Å². The van der Waals surface area contributed by atoms with E-state index < -0.39 is 0 Å². The number of hydrogen-bond donors (Lipinski definition) is 2. The van der Waals surface area contributed by atoms with Crippen LogP contribution in [0.1, 0.15) is 18.4 Å². The normalized spacial score (nSPS) is 11.2. The van der Waals surface area contributed by atoms with Crippen molar-refractivity contribution in [3.05, 3.63) is 95.3 Å². The number of amides is 1. The van der Waals surface area contributed by atoms with Crippen molar-refractivity contribution in [1.82, 2.24) is 9.97 Å². The fourth-order valence-electron chi connectivity index (χ4n) is 4.09. The molecule has 33 heavy (non-hydrogen) atoms. The molecule has 0 aliphatic carbocycles. The molecule has 1 amide bonds. The number of hydrogen-bond acceptors (Lipinski definition) is 2. The zero-order valence-electron chi connectivity index (χ0n) is 17.7. The highest BCUT2D eigenvalue weighted by Crippen LogP contribution is 2.33. The quantitative estimate of drug-likeness (QED) is 0.285. The second-order valence-electron chi connectivity index (χ2n) is 7.97. The summed E-state index contributed by atoms with van der Waals surface area (Å²) in [6.45, 7) is 0. The molecule has 164 valence electrons. The van der Waals surface area contributed by atoms with Crippen molar-refractivity contribution < 1.29 is 9.18 Å². The molecule has 0 atom stereocenters. The minimum Gasteiger partial charge on any atom is -0.353 e. The number of halogens is 2. The van der Waals surface area contributed by atoms with E-state index in [-0.39, 0.29) is 11.7 Å². The number of anilines is 1. The Morgan fingerprint density at radius 2 is 1.82 bits per heavy atom. The Morgan fingerprint density at radius 1 is 1.00 bits per heavy atom. The lowest BCUT2D eigenvalue weighted by atomic mass is 10.0. The number of carbonyl (C=O) groups excluding carboxylic acids is 1. The molecule has 0 saturated carbocycles. The van der Waals surface area contributed by atoms with Crippen LogP contribution in [0.25, 0.3) is 33.2 Å². The summed E-state index contributed by atoms with van der Waals surface area (Å²) in [6.07, 6.45) is 1.67. The monoisotopic (exact) mass is 457 g/mol. The number of benzene rings is 3. The Morgan fingerprint density at radius 3 is 2.67 bits per heavy atom. The van der Waals surface area contributed by atoms with Gasteiger partial charge in [0.05, 0.1) is 16.9 Å². The first-order valence-electron chi connectivity index (χ1n) is 10.8. The zero-order valence-corrected chi connectivity index (χ0v) is 18.5.